The number of rotatable bonds is 8. The lowest BCUT2D eigenvalue weighted by Gasteiger charge is -2.08. The van der Waals surface area contributed by atoms with Crippen molar-refractivity contribution in [3.8, 4) is 5.75 Å². The van der Waals surface area contributed by atoms with E-state index in [-0.39, 0.29) is 36.5 Å². The largest absolute Gasteiger partial charge is 0.484 e. The second-order valence-corrected chi connectivity index (χ2v) is 6.78. The van der Waals surface area contributed by atoms with Crippen LogP contribution in [0.1, 0.15) is 24.0 Å². The SMILES string of the molecule is Cc1ccc(NC(N)=NCCc2ccc(OCC(=O)NC3CC3)cc2)cc1.I. The summed E-state index contributed by atoms with van der Waals surface area (Å²) in [6.07, 6.45) is 2.93. The van der Waals surface area contributed by atoms with Gasteiger partial charge in [-0.15, -0.1) is 24.0 Å². The number of guanidine groups is 1. The maximum atomic E-state index is 11.6. The second kappa shape index (κ2) is 10.9. The molecular weight excluding hydrogens is 467 g/mol. The molecule has 2 aromatic carbocycles. The van der Waals surface area contributed by atoms with Crippen LogP contribution in [0.2, 0.25) is 0 Å². The molecule has 0 saturated heterocycles. The minimum atomic E-state index is -0.0625. The number of carbonyl (C=O) groups excluding carboxylic acids is 1. The summed E-state index contributed by atoms with van der Waals surface area (Å²) in [5.74, 6) is 1.03. The van der Waals surface area contributed by atoms with E-state index in [1.54, 1.807) is 0 Å². The number of aliphatic imine (C=N–C) groups is 1. The summed E-state index contributed by atoms with van der Waals surface area (Å²) in [5, 5.41) is 5.98. The van der Waals surface area contributed by atoms with E-state index in [0.717, 1.165) is 30.5 Å². The molecular formula is C21H27IN4O2. The Balaban J connectivity index is 0.00000280. The molecule has 1 saturated carbocycles. The van der Waals surface area contributed by atoms with Crippen molar-refractivity contribution in [1.29, 1.82) is 0 Å². The van der Waals surface area contributed by atoms with Crippen LogP contribution >= 0.6 is 24.0 Å². The topological polar surface area (TPSA) is 88.7 Å². The highest BCUT2D eigenvalue weighted by molar-refractivity contribution is 14.0. The van der Waals surface area contributed by atoms with Crippen LogP contribution in [0.3, 0.4) is 0 Å². The summed E-state index contributed by atoms with van der Waals surface area (Å²) in [4.78, 5) is 16.0. The van der Waals surface area contributed by atoms with Gasteiger partial charge < -0.3 is 21.1 Å². The highest BCUT2D eigenvalue weighted by Crippen LogP contribution is 2.18. The molecule has 0 radical (unpaired) electrons. The van der Waals surface area contributed by atoms with E-state index in [1.165, 1.54) is 5.56 Å². The monoisotopic (exact) mass is 494 g/mol. The average Bonchev–Trinajstić information content (AvgIpc) is 3.47. The molecule has 150 valence electrons. The van der Waals surface area contributed by atoms with Gasteiger partial charge in [0.25, 0.3) is 5.91 Å². The van der Waals surface area contributed by atoms with E-state index in [2.05, 4.69) is 15.6 Å². The summed E-state index contributed by atoms with van der Waals surface area (Å²) in [5.41, 5.74) is 9.18. The zero-order valence-corrected chi connectivity index (χ0v) is 18.3. The first-order chi connectivity index (χ1) is 13.1. The summed E-state index contributed by atoms with van der Waals surface area (Å²) in [6, 6.07) is 16.1. The number of benzene rings is 2. The molecule has 4 N–H and O–H groups in total. The number of carbonyl (C=O) groups is 1. The molecule has 0 atom stereocenters. The van der Waals surface area contributed by atoms with Gasteiger partial charge >= 0.3 is 0 Å². The van der Waals surface area contributed by atoms with E-state index < -0.39 is 0 Å². The summed E-state index contributed by atoms with van der Waals surface area (Å²) in [7, 11) is 0. The Kier molecular flexibility index (Phi) is 8.56. The first-order valence-corrected chi connectivity index (χ1v) is 9.23. The molecule has 1 aliphatic carbocycles. The molecule has 2 aromatic rings. The van der Waals surface area contributed by atoms with Gasteiger partial charge in [-0.05, 0) is 56.0 Å². The molecule has 0 aliphatic heterocycles. The number of nitrogens with two attached hydrogens (primary N) is 1. The number of nitrogens with zero attached hydrogens (tertiary/aromatic N) is 1. The molecule has 1 aliphatic rings. The Hall–Kier alpha value is -2.29. The van der Waals surface area contributed by atoms with Gasteiger partial charge in [-0.1, -0.05) is 29.8 Å². The molecule has 6 nitrogen and oxygen atoms in total. The lowest BCUT2D eigenvalue weighted by atomic mass is 10.1. The van der Waals surface area contributed by atoms with E-state index in [1.807, 2.05) is 55.5 Å². The van der Waals surface area contributed by atoms with Crippen molar-refractivity contribution in [1.82, 2.24) is 5.32 Å². The summed E-state index contributed by atoms with van der Waals surface area (Å²) in [6.45, 7) is 2.69. The normalized spacial score (nSPS) is 13.4. The Morgan fingerprint density at radius 3 is 2.46 bits per heavy atom. The van der Waals surface area contributed by atoms with Crippen molar-refractivity contribution in [3.05, 3.63) is 59.7 Å². The van der Waals surface area contributed by atoms with Crippen molar-refractivity contribution in [2.75, 3.05) is 18.5 Å². The Labute approximate surface area is 183 Å². The minimum absolute atomic E-state index is 0. The van der Waals surface area contributed by atoms with Crippen LogP contribution in [-0.4, -0.2) is 31.1 Å². The fourth-order valence-electron chi connectivity index (χ4n) is 2.53. The van der Waals surface area contributed by atoms with Gasteiger partial charge in [0.05, 0.1) is 0 Å². The molecule has 28 heavy (non-hydrogen) atoms. The fourth-order valence-corrected chi connectivity index (χ4v) is 2.53. The number of halogens is 1. The predicted octanol–water partition coefficient (Wildman–Crippen LogP) is 3.24. The van der Waals surface area contributed by atoms with Crippen molar-refractivity contribution >= 4 is 41.5 Å². The maximum Gasteiger partial charge on any atom is 0.258 e. The van der Waals surface area contributed by atoms with Gasteiger partial charge in [-0.25, -0.2) is 0 Å². The lowest BCUT2D eigenvalue weighted by Crippen LogP contribution is -2.30. The number of amides is 1. The summed E-state index contributed by atoms with van der Waals surface area (Å²) < 4.78 is 5.50. The summed E-state index contributed by atoms with van der Waals surface area (Å²) >= 11 is 0. The van der Waals surface area contributed by atoms with E-state index in [0.29, 0.717) is 24.3 Å². The van der Waals surface area contributed by atoms with E-state index in [9.17, 15) is 4.79 Å². The van der Waals surface area contributed by atoms with Gasteiger partial charge in [-0.3, -0.25) is 9.79 Å². The zero-order valence-electron chi connectivity index (χ0n) is 16.0. The third-order valence-corrected chi connectivity index (χ3v) is 4.24. The van der Waals surface area contributed by atoms with Crippen molar-refractivity contribution in [2.24, 2.45) is 10.7 Å². The molecule has 0 unspecified atom stereocenters. The van der Waals surface area contributed by atoms with Crippen molar-refractivity contribution in [3.63, 3.8) is 0 Å². The zero-order chi connectivity index (χ0) is 19.1. The Bertz CT molecular complexity index is 787. The quantitative estimate of drug-likeness (QED) is 0.299. The second-order valence-electron chi connectivity index (χ2n) is 6.78. The first-order valence-electron chi connectivity index (χ1n) is 9.23. The van der Waals surface area contributed by atoms with Gasteiger partial charge in [0.2, 0.25) is 0 Å². The molecule has 1 fully saturated rings. The van der Waals surface area contributed by atoms with E-state index in [4.69, 9.17) is 10.5 Å². The lowest BCUT2D eigenvalue weighted by molar-refractivity contribution is -0.123. The fraction of sp³-hybridized carbons (Fsp3) is 0.333. The molecule has 7 heteroatoms. The number of hydrogen-bond donors (Lipinski definition) is 3. The molecule has 1 amide bonds. The van der Waals surface area contributed by atoms with Crippen molar-refractivity contribution < 1.29 is 9.53 Å². The Morgan fingerprint density at radius 1 is 1.14 bits per heavy atom. The number of nitrogens with one attached hydrogen (secondary N) is 2. The average molecular weight is 494 g/mol. The highest BCUT2D eigenvalue weighted by atomic mass is 127. The van der Waals surface area contributed by atoms with Crippen molar-refractivity contribution in [2.45, 2.75) is 32.2 Å². The number of anilines is 1. The van der Waals surface area contributed by atoms with Crippen LogP contribution in [0, 0.1) is 6.92 Å². The van der Waals surface area contributed by atoms with Crippen LogP contribution < -0.4 is 21.1 Å². The number of ether oxygens (including phenoxy) is 1. The van der Waals surface area contributed by atoms with Crippen LogP contribution in [0.25, 0.3) is 0 Å². The predicted molar refractivity (Wildman–Crippen MR) is 124 cm³/mol. The van der Waals surface area contributed by atoms with Gasteiger partial charge in [0.1, 0.15) is 5.75 Å². The third kappa shape index (κ3) is 7.75. The Morgan fingerprint density at radius 2 is 1.82 bits per heavy atom. The van der Waals surface area contributed by atoms with Gasteiger partial charge in [-0.2, -0.15) is 0 Å². The maximum absolute atomic E-state index is 11.6. The van der Waals surface area contributed by atoms with Crippen LogP contribution in [0.4, 0.5) is 5.69 Å². The van der Waals surface area contributed by atoms with Gasteiger partial charge in [0, 0.05) is 18.3 Å². The van der Waals surface area contributed by atoms with E-state index >= 15 is 0 Å². The smallest absolute Gasteiger partial charge is 0.258 e. The first kappa shape index (κ1) is 22.0. The molecule has 0 spiro atoms. The molecule has 0 bridgehead atoms. The molecule has 0 aromatic heterocycles. The van der Waals surface area contributed by atoms with Crippen LogP contribution in [0.5, 0.6) is 5.75 Å². The third-order valence-electron chi connectivity index (χ3n) is 4.24. The molecule has 3 rings (SSSR count). The highest BCUT2D eigenvalue weighted by Gasteiger charge is 2.23. The van der Waals surface area contributed by atoms with Crippen LogP contribution in [-0.2, 0) is 11.2 Å². The standard InChI is InChI=1S/C21H26N4O2.HI/c1-15-2-6-18(7-3-15)25-21(22)23-13-12-16-4-10-19(11-5-16)27-14-20(26)24-17-8-9-17;/h2-7,10-11,17H,8-9,12-14H2,1H3,(H,24,26)(H3,22,23,25);1H. The van der Waals surface area contributed by atoms with Gasteiger partial charge in [0.15, 0.2) is 12.6 Å². The minimum Gasteiger partial charge on any atom is -0.484 e. The molecule has 0 heterocycles. The number of hydrogen-bond acceptors (Lipinski definition) is 3. The van der Waals surface area contributed by atoms with Crippen LogP contribution in [0.15, 0.2) is 53.5 Å². The number of aryl methyl sites for hydroxylation is 1.